The molecule has 4 nitrogen and oxygen atoms in total. The summed E-state index contributed by atoms with van der Waals surface area (Å²) < 4.78 is 30.2. The van der Waals surface area contributed by atoms with Gasteiger partial charge in [0, 0.05) is 5.02 Å². The molecule has 0 spiro atoms. The Morgan fingerprint density at radius 2 is 2.00 bits per heavy atom. The first-order valence-corrected chi connectivity index (χ1v) is 5.13. The van der Waals surface area contributed by atoms with Crippen molar-refractivity contribution in [2.24, 2.45) is 0 Å². The minimum Gasteiger partial charge on any atom is -0.392 e. The van der Waals surface area contributed by atoms with E-state index in [2.05, 4.69) is 0 Å². The van der Waals surface area contributed by atoms with Crippen LogP contribution in [0, 0.1) is 0 Å². The van der Waals surface area contributed by atoms with E-state index in [4.69, 9.17) is 21.3 Å². The van der Waals surface area contributed by atoms with E-state index in [1.165, 1.54) is 12.1 Å². The molecule has 6 heteroatoms. The van der Waals surface area contributed by atoms with Crippen LogP contribution in [0.15, 0.2) is 23.1 Å². The van der Waals surface area contributed by atoms with Crippen molar-refractivity contribution in [2.45, 2.75) is 11.5 Å². The van der Waals surface area contributed by atoms with Crippen LogP contribution in [0.3, 0.4) is 0 Å². The lowest BCUT2D eigenvalue weighted by atomic mass is 10.2. The summed E-state index contributed by atoms with van der Waals surface area (Å²) >= 11 is 5.52. The Morgan fingerprint density at radius 3 is 2.46 bits per heavy atom. The predicted octanol–water partition coefficient (Wildman–Crippen LogP) is 1.08. The van der Waals surface area contributed by atoms with E-state index in [1.807, 2.05) is 0 Å². The molecule has 1 aromatic rings. The summed E-state index contributed by atoms with van der Waals surface area (Å²) in [6.07, 6.45) is 0. The summed E-state index contributed by atoms with van der Waals surface area (Å²) in [4.78, 5) is -0.359. The average molecular weight is 223 g/mol. The second kappa shape index (κ2) is 3.63. The Labute approximate surface area is 80.5 Å². The van der Waals surface area contributed by atoms with Gasteiger partial charge in [-0.05, 0) is 17.7 Å². The van der Waals surface area contributed by atoms with Gasteiger partial charge in [-0.3, -0.25) is 4.55 Å². The third-order valence-corrected chi connectivity index (χ3v) is 2.65. The second-order valence-corrected chi connectivity index (χ2v) is 4.21. The van der Waals surface area contributed by atoms with E-state index >= 15 is 0 Å². The highest BCUT2D eigenvalue weighted by Crippen LogP contribution is 2.20. The van der Waals surface area contributed by atoms with Crippen LogP contribution in [0.1, 0.15) is 5.56 Å². The molecule has 0 fully saturated rings. The van der Waals surface area contributed by atoms with Gasteiger partial charge in [-0.2, -0.15) is 8.42 Å². The van der Waals surface area contributed by atoms with Gasteiger partial charge in [0.25, 0.3) is 10.1 Å². The SMILES string of the molecule is O=S(=O)(O)c1cc(Cl)ccc1CO. The molecule has 72 valence electrons. The quantitative estimate of drug-likeness (QED) is 0.735. The Morgan fingerprint density at radius 1 is 1.38 bits per heavy atom. The third kappa shape index (κ3) is 2.41. The number of aliphatic hydroxyl groups is 1. The molecule has 0 amide bonds. The summed E-state index contributed by atoms with van der Waals surface area (Å²) in [6.45, 7) is -0.466. The lowest BCUT2D eigenvalue weighted by Crippen LogP contribution is -2.02. The van der Waals surface area contributed by atoms with Crippen LogP contribution < -0.4 is 0 Å². The number of hydrogen-bond donors (Lipinski definition) is 2. The number of rotatable bonds is 2. The molecule has 0 saturated heterocycles. The van der Waals surface area contributed by atoms with Gasteiger partial charge in [-0.15, -0.1) is 0 Å². The highest BCUT2D eigenvalue weighted by atomic mass is 35.5. The maximum absolute atomic E-state index is 10.8. The number of benzene rings is 1. The minimum atomic E-state index is -4.31. The summed E-state index contributed by atoms with van der Waals surface area (Å²) in [7, 11) is -4.31. The van der Waals surface area contributed by atoms with E-state index < -0.39 is 16.7 Å². The van der Waals surface area contributed by atoms with Gasteiger partial charge in [-0.25, -0.2) is 0 Å². The lowest BCUT2D eigenvalue weighted by molar-refractivity contribution is 0.278. The average Bonchev–Trinajstić information content (AvgIpc) is 2.03. The van der Waals surface area contributed by atoms with Crippen LogP contribution in [-0.2, 0) is 16.7 Å². The third-order valence-electron chi connectivity index (χ3n) is 1.48. The molecule has 1 rings (SSSR count). The Bertz CT molecular complexity index is 413. The highest BCUT2D eigenvalue weighted by molar-refractivity contribution is 7.85. The molecular weight excluding hydrogens is 216 g/mol. The highest BCUT2D eigenvalue weighted by Gasteiger charge is 2.14. The molecule has 0 saturated carbocycles. The van der Waals surface area contributed by atoms with Crippen molar-refractivity contribution in [3.05, 3.63) is 28.8 Å². The van der Waals surface area contributed by atoms with Crippen molar-refractivity contribution in [2.75, 3.05) is 0 Å². The molecular formula is C7H7ClO4S. The zero-order valence-electron chi connectivity index (χ0n) is 6.44. The Kier molecular flexibility index (Phi) is 2.92. The molecule has 0 atom stereocenters. The van der Waals surface area contributed by atoms with Crippen LogP contribution in [0.25, 0.3) is 0 Å². The van der Waals surface area contributed by atoms with Crippen molar-refractivity contribution >= 4 is 21.7 Å². The number of halogens is 1. The van der Waals surface area contributed by atoms with Gasteiger partial charge in [0.1, 0.15) is 4.90 Å². The van der Waals surface area contributed by atoms with Crippen LogP contribution in [-0.4, -0.2) is 18.1 Å². The van der Waals surface area contributed by atoms with E-state index in [1.54, 1.807) is 0 Å². The van der Waals surface area contributed by atoms with Crippen molar-refractivity contribution in [3.63, 3.8) is 0 Å². The fraction of sp³-hybridized carbons (Fsp3) is 0.143. The van der Waals surface area contributed by atoms with E-state index in [9.17, 15) is 8.42 Å². The zero-order chi connectivity index (χ0) is 10.1. The standard InChI is InChI=1S/C7H7ClO4S/c8-6-2-1-5(4-9)7(3-6)13(10,11)12/h1-3,9H,4H2,(H,10,11,12). The summed E-state index contributed by atoms with van der Waals surface area (Å²) in [6, 6.07) is 3.86. The maximum atomic E-state index is 10.8. The van der Waals surface area contributed by atoms with Gasteiger partial charge in [0.15, 0.2) is 0 Å². The monoisotopic (exact) mass is 222 g/mol. The Hall–Kier alpha value is -0.620. The summed E-state index contributed by atoms with van der Waals surface area (Å²) in [5, 5.41) is 8.94. The van der Waals surface area contributed by atoms with Gasteiger partial charge in [-0.1, -0.05) is 17.7 Å². The summed E-state index contributed by atoms with van der Waals surface area (Å²) in [5.74, 6) is 0. The molecule has 0 aliphatic heterocycles. The van der Waals surface area contributed by atoms with Crippen LogP contribution in [0.5, 0.6) is 0 Å². The first-order chi connectivity index (χ1) is 5.95. The van der Waals surface area contributed by atoms with E-state index in [-0.39, 0.29) is 15.5 Å². The van der Waals surface area contributed by atoms with Crippen molar-refractivity contribution < 1.29 is 18.1 Å². The minimum absolute atomic E-state index is 0.118. The molecule has 0 aliphatic rings. The van der Waals surface area contributed by atoms with Gasteiger partial charge < -0.3 is 5.11 Å². The first kappa shape index (κ1) is 10.5. The van der Waals surface area contributed by atoms with Crippen molar-refractivity contribution in [3.8, 4) is 0 Å². The van der Waals surface area contributed by atoms with E-state index in [0.29, 0.717) is 0 Å². The topological polar surface area (TPSA) is 74.6 Å². The fourth-order valence-corrected chi connectivity index (χ4v) is 1.88. The van der Waals surface area contributed by atoms with Crippen LogP contribution in [0.4, 0.5) is 0 Å². The van der Waals surface area contributed by atoms with E-state index in [0.717, 1.165) is 6.07 Å². The zero-order valence-corrected chi connectivity index (χ0v) is 8.01. The molecule has 0 unspecified atom stereocenters. The molecule has 0 aliphatic carbocycles. The summed E-state index contributed by atoms with van der Waals surface area (Å²) in [5.41, 5.74) is 0.118. The Balaban J connectivity index is 3.41. The smallest absolute Gasteiger partial charge is 0.294 e. The molecule has 0 radical (unpaired) electrons. The number of aliphatic hydroxyl groups excluding tert-OH is 1. The maximum Gasteiger partial charge on any atom is 0.294 e. The van der Waals surface area contributed by atoms with Crippen molar-refractivity contribution in [1.29, 1.82) is 0 Å². The fourth-order valence-electron chi connectivity index (χ4n) is 0.899. The van der Waals surface area contributed by atoms with Gasteiger partial charge in [0.05, 0.1) is 6.61 Å². The van der Waals surface area contributed by atoms with Gasteiger partial charge in [0.2, 0.25) is 0 Å². The second-order valence-electron chi connectivity index (χ2n) is 2.39. The van der Waals surface area contributed by atoms with Crippen molar-refractivity contribution in [1.82, 2.24) is 0 Å². The van der Waals surface area contributed by atoms with Gasteiger partial charge >= 0.3 is 0 Å². The predicted molar refractivity (Wildman–Crippen MR) is 47.2 cm³/mol. The molecule has 0 aromatic heterocycles. The molecule has 1 aromatic carbocycles. The molecule has 13 heavy (non-hydrogen) atoms. The van der Waals surface area contributed by atoms with Crippen LogP contribution >= 0.6 is 11.6 Å². The number of hydrogen-bond acceptors (Lipinski definition) is 3. The first-order valence-electron chi connectivity index (χ1n) is 3.32. The molecule has 0 bridgehead atoms. The van der Waals surface area contributed by atoms with Crippen LogP contribution in [0.2, 0.25) is 5.02 Å². The molecule has 0 heterocycles. The normalized spacial score (nSPS) is 11.6. The largest absolute Gasteiger partial charge is 0.392 e. The molecule has 2 N–H and O–H groups in total. The lowest BCUT2D eigenvalue weighted by Gasteiger charge is -2.03.